The second kappa shape index (κ2) is 16.7. The molecule has 0 saturated heterocycles. The maximum absolute atomic E-state index is 11.6. The molecule has 0 aliphatic carbocycles. The molecule has 5 nitrogen and oxygen atoms in total. The lowest BCUT2D eigenvalue weighted by Gasteiger charge is -2.19. The van der Waals surface area contributed by atoms with Crippen molar-refractivity contribution in [2.75, 3.05) is 0 Å². The Morgan fingerprint density at radius 2 is 1.35 bits per heavy atom. The number of rotatable bonds is 16. The number of esters is 1. The third-order valence-electron chi connectivity index (χ3n) is 5.50. The number of carbonyl (C=O) groups is 1. The van der Waals surface area contributed by atoms with Gasteiger partial charge in [0.15, 0.2) is 0 Å². The molecule has 0 atom stereocenters. The lowest BCUT2D eigenvalue weighted by atomic mass is 10.0. The Morgan fingerprint density at radius 1 is 0.853 bits per heavy atom. The van der Waals surface area contributed by atoms with Crippen molar-refractivity contribution in [1.29, 1.82) is 0 Å². The predicted octanol–water partition coefficient (Wildman–Crippen LogP) is 6.88. The fourth-order valence-electron chi connectivity index (χ4n) is 3.74. The smallest absolute Gasteiger partial charge is 0.306 e. The van der Waals surface area contributed by atoms with Crippen LogP contribution < -0.4 is 5.14 Å². The monoisotopic (exact) mass is 491 g/mol. The zero-order valence-electron chi connectivity index (χ0n) is 21.5. The third kappa shape index (κ3) is 16.7. The molecule has 0 unspecified atom stereocenters. The van der Waals surface area contributed by atoms with Gasteiger partial charge in [-0.05, 0) is 51.8 Å². The molecule has 192 valence electrons. The van der Waals surface area contributed by atoms with Crippen molar-refractivity contribution in [3.8, 4) is 11.8 Å². The van der Waals surface area contributed by atoms with E-state index in [1.165, 1.54) is 76.3 Å². The van der Waals surface area contributed by atoms with Crippen LogP contribution in [0.2, 0.25) is 0 Å². The first kappa shape index (κ1) is 30.2. The highest BCUT2D eigenvalue weighted by Gasteiger charge is 2.15. The molecule has 0 aromatic heterocycles. The molecule has 34 heavy (non-hydrogen) atoms. The maximum atomic E-state index is 11.6. The number of carbonyl (C=O) groups excluding carboxylic acids is 1. The van der Waals surface area contributed by atoms with E-state index in [0.717, 1.165) is 25.7 Å². The van der Waals surface area contributed by atoms with Gasteiger partial charge < -0.3 is 4.74 Å². The average molecular weight is 492 g/mol. The third-order valence-corrected chi connectivity index (χ3v) is 6.41. The molecule has 0 heterocycles. The Kier molecular flexibility index (Phi) is 14.9. The van der Waals surface area contributed by atoms with Gasteiger partial charge in [0.2, 0.25) is 10.0 Å². The van der Waals surface area contributed by atoms with E-state index in [1.807, 2.05) is 20.8 Å². The number of hydrogen-bond acceptors (Lipinski definition) is 4. The lowest BCUT2D eigenvalue weighted by molar-refractivity contribution is -0.154. The fraction of sp³-hybridized carbons (Fsp3) is 0.679. The summed E-state index contributed by atoms with van der Waals surface area (Å²) in [5.41, 5.74) is 0.313. The number of sulfonamides is 1. The molecule has 0 amide bonds. The normalized spacial score (nSPS) is 11.6. The zero-order chi connectivity index (χ0) is 25.3. The van der Waals surface area contributed by atoms with Crippen LogP contribution in [0.3, 0.4) is 0 Å². The maximum Gasteiger partial charge on any atom is 0.306 e. The van der Waals surface area contributed by atoms with Crippen LogP contribution in [0.15, 0.2) is 29.2 Å². The van der Waals surface area contributed by atoms with Gasteiger partial charge in [-0.3, -0.25) is 4.79 Å². The summed E-state index contributed by atoms with van der Waals surface area (Å²) >= 11 is 0. The van der Waals surface area contributed by atoms with Crippen molar-refractivity contribution in [2.45, 2.75) is 128 Å². The summed E-state index contributed by atoms with van der Waals surface area (Å²) in [7, 11) is -3.68. The molecule has 0 saturated carbocycles. The second-order valence-electron chi connectivity index (χ2n) is 10.1. The number of nitrogens with two attached hydrogens (primary N) is 1. The number of hydrogen-bond donors (Lipinski definition) is 1. The lowest BCUT2D eigenvalue weighted by Crippen LogP contribution is -2.23. The first-order chi connectivity index (χ1) is 16.1. The summed E-state index contributed by atoms with van der Waals surface area (Å²) in [6, 6.07) is 6.47. The van der Waals surface area contributed by atoms with E-state index in [1.54, 1.807) is 12.1 Å². The Morgan fingerprint density at radius 3 is 1.85 bits per heavy atom. The van der Waals surface area contributed by atoms with Crippen LogP contribution in [-0.4, -0.2) is 20.0 Å². The quantitative estimate of drug-likeness (QED) is 0.155. The van der Waals surface area contributed by atoms with Crippen LogP contribution in [0.1, 0.15) is 123 Å². The minimum absolute atomic E-state index is 0.0754. The Labute approximate surface area is 208 Å². The van der Waals surface area contributed by atoms with E-state index < -0.39 is 10.0 Å². The molecule has 0 aliphatic heterocycles. The zero-order valence-corrected chi connectivity index (χ0v) is 22.4. The van der Waals surface area contributed by atoms with Crippen LogP contribution in [0.25, 0.3) is 0 Å². The van der Waals surface area contributed by atoms with Gasteiger partial charge in [0, 0.05) is 18.4 Å². The van der Waals surface area contributed by atoms with Crippen molar-refractivity contribution in [3.63, 3.8) is 0 Å². The topological polar surface area (TPSA) is 86.5 Å². The van der Waals surface area contributed by atoms with Gasteiger partial charge in [0.25, 0.3) is 0 Å². The van der Waals surface area contributed by atoms with E-state index >= 15 is 0 Å². The van der Waals surface area contributed by atoms with E-state index in [-0.39, 0.29) is 16.5 Å². The molecule has 1 aromatic carbocycles. The highest BCUT2D eigenvalue weighted by atomic mass is 32.2. The van der Waals surface area contributed by atoms with Crippen LogP contribution >= 0.6 is 0 Å². The molecule has 6 heteroatoms. The highest BCUT2D eigenvalue weighted by Crippen LogP contribution is 2.15. The van der Waals surface area contributed by atoms with E-state index in [0.29, 0.717) is 12.0 Å². The fourth-order valence-corrected chi connectivity index (χ4v) is 4.29. The average Bonchev–Trinajstić information content (AvgIpc) is 2.74. The summed E-state index contributed by atoms with van der Waals surface area (Å²) in [6.45, 7) is 5.73. The van der Waals surface area contributed by atoms with Gasteiger partial charge >= 0.3 is 5.97 Å². The Balaban J connectivity index is 1.90. The molecule has 2 N–H and O–H groups in total. The van der Waals surface area contributed by atoms with Crippen LogP contribution in [0, 0.1) is 11.8 Å². The molecule has 1 rings (SSSR count). The first-order valence-corrected chi connectivity index (χ1v) is 14.5. The van der Waals surface area contributed by atoms with Gasteiger partial charge in [-0.2, -0.15) is 0 Å². The van der Waals surface area contributed by atoms with Gasteiger partial charge in [-0.15, -0.1) is 0 Å². The van der Waals surface area contributed by atoms with Gasteiger partial charge in [-0.1, -0.05) is 88.5 Å². The Bertz CT molecular complexity index is 876. The van der Waals surface area contributed by atoms with Crippen molar-refractivity contribution in [2.24, 2.45) is 5.14 Å². The van der Waals surface area contributed by atoms with E-state index in [9.17, 15) is 13.2 Å². The molecular formula is C28H45NO4S. The number of benzene rings is 1. The predicted molar refractivity (Wildman–Crippen MR) is 140 cm³/mol. The van der Waals surface area contributed by atoms with E-state index in [4.69, 9.17) is 9.88 Å². The van der Waals surface area contributed by atoms with Crippen LogP contribution in [-0.2, 0) is 19.6 Å². The largest absolute Gasteiger partial charge is 0.460 e. The molecule has 0 bridgehead atoms. The van der Waals surface area contributed by atoms with Gasteiger partial charge in [0.05, 0.1) is 4.90 Å². The Hall–Kier alpha value is -1.84. The minimum atomic E-state index is -3.68. The molecule has 0 spiro atoms. The standard InChI is InChI=1S/C28H45NO4S/c1-28(2,3)33-27(30)23-18-16-14-12-10-8-6-4-5-7-9-11-13-15-17-20-25-21-19-22-26(24-25)34(29,31)32/h19,21-22,24H,4-16,18,23H2,1-3H3,(H2,29,31,32). The van der Waals surface area contributed by atoms with Crippen molar-refractivity contribution < 1.29 is 17.9 Å². The molecule has 0 radical (unpaired) electrons. The van der Waals surface area contributed by atoms with Crippen LogP contribution in [0.4, 0.5) is 0 Å². The SMILES string of the molecule is CC(C)(C)OC(=O)CCCCCCCCCCCCCCCC#Cc1cccc(S(N)(=O)=O)c1. The summed E-state index contributed by atoms with van der Waals surface area (Å²) in [4.78, 5) is 11.8. The molecule has 0 fully saturated rings. The number of unbranched alkanes of at least 4 members (excludes halogenated alkanes) is 13. The van der Waals surface area contributed by atoms with Gasteiger partial charge in [0.1, 0.15) is 5.60 Å². The number of ether oxygens (including phenoxy) is 1. The second-order valence-corrected chi connectivity index (χ2v) is 11.6. The molecule has 1 aromatic rings. The molecule has 0 aliphatic rings. The first-order valence-electron chi connectivity index (χ1n) is 12.9. The summed E-state index contributed by atoms with van der Waals surface area (Å²) in [5, 5.41) is 5.15. The van der Waals surface area contributed by atoms with Crippen molar-refractivity contribution in [3.05, 3.63) is 29.8 Å². The molecular weight excluding hydrogens is 446 g/mol. The van der Waals surface area contributed by atoms with Crippen LogP contribution in [0.5, 0.6) is 0 Å². The number of primary sulfonamides is 1. The minimum Gasteiger partial charge on any atom is -0.460 e. The summed E-state index contributed by atoms with van der Waals surface area (Å²) < 4.78 is 28.1. The summed E-state index contributed by atoms with van der Waals surface area (Å²) in [5.74, 6) is 6.08. The van der Waals surface area contributed by atoms with Gasteiger partial charge in [-0.25, -0.2) is 13.6 Å². The highest BCUT2D eigenvalue weighted by molar-refractivity contribution is 7.89. The van der Waals surface area contributed by atoms with E-state index in [2.05, 4.69) is 11.8 Å². The van der Waals surface area contributed by atoms with Crippen molar-refractivity contribution >= 4 is 16.0 Å². The summed E-state index contributed by atoms with van der Waals surface area (Å²) in [6.07, 6.45) is 17.3. The van der Waals surface area contributed by atoms with Crippen molar-refractivity contribution in [1.82, 2.24) is 0 Å².